The van der Waals surface area contributed by atoms with Crippen LogP contribution in [0.2, 0.25) is 0 Å². The first-order valence-electron chi connectivity index (χ1n) is 8.28. The Morgan fingerprint density at radius 1 is 1.08 bits per heavy atom. The van der Waals surface area contributed by atoms with Crippen molar-refractivity contribution in [3.8, 4) is 22.1 Å². The summed E-state index contributed by atoms with van der Waals surface area (Å²) in [7, 11) is 1.57. The van der Waals surface area contributed by atoms with Crippen LogP contribution in [0.4, 0.5) is 0 Å². The third-order valence-corrected chi connectivity index (χ3v) is 4.64. The number of ether oxygens (including phenoxy) is 2. The maximum Gasteiger partial charge on any atom is 0.257 e. The van der Waals surface area contributed by atoms with E-state index in [1.54, 1.807) is 30.6 Å². The largest absolute Gasteiger partial charge is 0.493 e. The molecule has 3 aromatic rings. The second kappa shape index (κ2) is 9.01. The number of nitrogens with one attached hydrogen (secondary N) is 1. The van der Waals surface area contributed by atoms with Gasteiger partial charge in [-0.2, -0.15) is 0 Å². The van der Waals surface area contributed by atoms with Gasteiger partial charge in [-0.25, -0.2) is 4.98 Å². The number of rotatable bonds is 8. The number of thiazole rings is 1. The van der Waals surface area contributed by atoms with Crippen LogP contribution in [0.1, 0.15) is 5.69 Å². The van der Waals surface area contributed by atoms with Gasteiger partial charge >= 0.3 is 0 Å². The van der Waals surface area contributed by atoms with Crippen molar-refractivity contribution >= 4 is 17.2 Å². The quantitative estimate of drug-likeness (QED) is 0.660. The van der Waals surface area contributed by atoms with Crippen LogP contribution >= 0.6 is 11.3 Å². The van der Waals surface area contributed by atoms with Crippen LogP contribution in [0, 0.1) is 0 Å². The number of para-hydroxylation sites is 2. The first-order valence-corrected chi connectivity index (χ1v) is 9.16. The van der Waals surface area contributed by atoms with Crippen molar-refractivity contribution in [1.82, 2.24) is 10.3 Å². The second-order valence-electron chi connectivity index (χ2n) is 5.55. The van der Waals surface area contributed by atoms with Gasteiger partial charge in [-0.05, 0) is 12.1 Å². The van der Waals surface area contributed by atoms with Crippen LogP contribution in [0.3, 0.4) is 0 Å². The summed E-state index contributed by atoms with van der Waals surface area (Å²) in [5, 5.41) is 5.87. The predicted octanol–water partition coefficient (Wildman–Crippen LogP) is 3.56. The van der Waals surface area contributed by atoms with Gasteiger partial charge in [0.25, 0.3) is 5.91 Å². The highest BCUT2D eigenvalue weighted by atomic mass is 32.1. The standard InChI is InChI=1S/C20H20N2O3S/c1-24-17-9-5-6-10-18(17)25-13-19(23)21-12-11-16-14-26-20(22-16)15-7-3-2-4-8-15/h2-10,14H,11-13H2,1H3,(H,21,23). The number of aromatic nitrogens is 1. The predicted molar refractivity (Wildman–Crippen MR) is 103 cm³/mol. The topological polar surface area (TPSA) is 60.5 Å². The molecule has 0 aliphatic rings. The summed E-state index contributed by atoms with van der Waals surface area (Å²) in [5.74, 6) is 0.989. The Bertz CT molecular complexity index is 849. The molecule has 0 atom stereocenters. The minimum absolute atomic E-state index is 0.0489. The van der Waals surface area contributed by atoms with Crippen LogP contribution in [0.15, 0.2) is 60.0 Å². The van der Waals surface area contributed by atoms with E-state index in [2.05, 4.69) is 10.3 Å². The van der Waals surface area contributed by atoms with Crippen LogP contribution in [-0.2, 0) is 11.2 Å². The van der Waals surface area contributed by atoms with E-state index in [-0.39, 0.29) is 12.5 Å². The van der Waals surface area contributed by atoms with Crippen molar-refractivity contribution < 1.29 is 14.3 Å². The molecule has 1 aromatic heterocycles. The summed E-state index contributed by atoms with van der Waals surface area (Å²) in [4.78, 5) is 16.6. The number of methoxy groups -OCH3 is 1. The molecule has 0 fully saturated rings. The summed E-state index contributed by atoms with van der Waals surface area (Å²) >= 11 is 1.61. The van der Waals surface area contributed by atoms with Crippen LogP contribution < -0.4 is 14.8 Å². The van der Waals surface area contributed by atoms with E-state index in [0.717, 1.165) is 16.3 Å². The molecule has 0 radical (unpaired) electrons. The minimum atomic E-state index is -0.172. The Labute approximate surface area is 156 Å². The number of amides is 1. The minimum Gasteiger partial charge on any atom is -0.493 e. The van der Waals surface area contributed by atoms with Gasteiger partial charge in [0.1, 0.15) is 5.01 Å². The molecule has 0 unspecified atom stereocenters. The lowest BCUT2D eigenvalue weighted by Gasteiger charge is -2.10. The van der Waals surface area contributed by atoms with E-state index in [0.29, 0.717) is 24.5 Å². The zero-order valence-corrected chi connectivity index (χ0v) is 15.3. The Morgan fingerprint density at radius 3 is 2.58 bits per heavy atom. The highest BCUT2D eigenvalue weighted by Gasteiger charge is 2.08. The molecule has 1 heterocycles. The van der Waals surface area contributed by atoms with Gasteiger partial charge < -0.3 is 14.8 Å². The Kier molecular flexibility index (Phi) is 6.22. The highest BCUT2D eigenvalue weighted by molar-refractivity contribution is 7.13. The number of hydrogen-bond acceptors (Lipinski definition) is 5. The highest BCUT2D eigenvalue weighted by Crippen LogP contribution is 2.25. The van der Waals surface area contributed by atoms with Gasteiger partial charge in [0.05, 0.1) is 12.8 Å². The van der Waals surface area contributed by atoms with Gasteiger partial charge in [-0.15, -0.1) is 11.3 Å². The van der Waals surface area contributed by atoms with Crippen molar-refractivity contribution in [3.63, 3.8) is 0 Å². The molecule has 0 saturated carbocycles. The van der Waals surface area contributed by atoms with Crippen molar-refractivity contribution in [2.45, 2.75) is 6.42 Å². The molecular formula is C20H20N2O3S. The second-order valence-corrected chi connectivity index (χ2v) is 6.41. The van der Waals surface area contributed by atoms with E-state index < -0.39 is 0 Å². The molecule has 0 bridgehead atoms. The smallest absolute Gasteiger partial charge is 0.257 e. The average molecular weight is 368 g/mol. The van der Waals surface area contributed by atoms with E-state index >= 15 is 0 Å². The van der Waals surface area contributed by atoms with Crippen molar-refractivity contribution in [1.29, 1.82) is 0 Å². The van der Waals surface area contributed by atoms with Crippen molar-refractivity contribution in [2.24, 2.45) is 0 Å². The molecule has 0 saturated heterocycles. The summed E-state index contributed by atoms with van der Waals surface area (Å²) in [6.45, 7) is 0.471. The number of hydrogen-bond donors (Lipinski definition) is 1. The van der Waals surface area contributed by atoms with Crippen LogP contribution in [0.5, 0.6) is 11.5 Å². The normalized spacial score (nSPS) is 10.3. The maximum absolute atomic E-state index is 11.9. The lowest BCUT2D eigenvalue weighted by Crippen LogP contribution is -2.30. The first kappa shape index (κ1) is 17.9. The summed E-state index contributed by atoms with van der Waals surface area (Å²) in [5.41, 5.74) is 2.08. The lowest BCUT2D eigenvalue weighted by atomic mass is 10.2. The lowest BCUT2D eigenvalue weighted by molar-refractivity contribution is -0.123. The van der Waals surface area contributed by atoms with E-state index in [9.17, 15) is 4.79 Å². The van der Waals surface area contributed by atoms with Gasteiger partial charge in [-0.1, -0.05) is 42.5 Å². The Balaban J connectivity index is 1.43. The third-order valence-electron chi connectivity index (χ3n) is 3.70. The molecule has 2 aromatic carbocycles. The van der Waals surface area contributed by atoms with E-state index in [4.69, 9.17) is 9.47 Å². The molecule has 0 aliphatic carbocycles. The van der Waals surface area contributed by atoms with Gasteiger partial charge in [0.2, 0.25) is 0 Å². The molecular weight excluding hydrogens is 348 g/mol. The van der Waals surface area contributed by atoms with Gasteiger partial charge in [-0.3, -0.25) is 4.79 Å². The Morgan fingerprint density at radius 2 is 1.81 bits per heavy atom. The van der Waals surface area contributed by atoms with Crippen LogP contribution in [0.25, 0.3) is 10.6 Å². The van der Waals surface area contributed by atoms with E-state index in [1.807, 2.05) is 47.8 Å². The summed E-state index contributed by atoms with van der Waals surface area (Å²) in [6, 6.07) is 17.3. The molecule has 6 heteroatoms. The number of carbonyl (C=O) groups excluding carboxylic acids is 1. The summed E-state index contributed by atoms with van der Waals surface area (Å²) in [6.07, 6.45) is 0.684. The van der Waals surface area contributed by atoms with Crippen molar-refractivity contribution in [2.75, 3.05) is 20.3 Å². The number of nitrogens with zero attached hydrogens (tertiary/aromatic N) is 1. The molecule has 1 amide bonds. The molecule has 0 aliphatic heterocycles. The SMILES string of the molecule is COc1ccccc1OCC(=O)NCCc1csc(-c2ccccc2)n1. The monoisotopic (exact) mass is 368 g/mol. The van der Waals surface area contributed by atoms with Gasteiger partial charge in [0.15, 0.2) is 18.1 Å². The fourth-order valence-electron chi connectivity index (χ4n) is 2.40. The molecule has 5 nitrogen and oxygen atoms in total. The van der Waals surface area contributed by atoms with Crippen LogP contribution in [-0.4, -0.2) is 31.2 Å². The fraction of sp³-hybridized carbons (Fsp3) is 0.200. The zero-order chi connectivity index (χ0) is 18.2. The third kappa shape index (κ3) is 4.83. The number of benzene rings is 2. The summed E-state index contributed by atoms with van der Waals surface area (Å²) < 4.78 is 10.7. The van der Waals surface area contributed by atoms with Gasteiger partial charge in [0, 0.05) is 23.9 Å². The maximum atomic E-state index is 11.9. The fourth-order valence-corrected chi connectivity index (χ4v) is 3.26. The Hall–Kier alpha value is -2.86. The number of carbonyl (C=O) groups is 1. The molecule has 1 N–H and O–H groups in total. The van der Waals surface area contributed by atoms with E-state index in [1.165, 1.54) is 0 Å². The average Bonchev–Trinajstić information content (AvgIpc) is 3.16. The molecule has 134 valence electrons. The zero-order valence-electron chi connectivity index (χ0n) is 14.5. The van der Waals surface area contributed by atoms with Crippen molar-refractivity contribution in [3.05, 3.63) is 65.7 Å². The molecule has 26 heavy (non-hydrogen) atoms. The molecule has 0 spiro atoms. The first-order chi connectivity index (χ1) is 12.8. The molecule has 3 rings (SSSR count).